The van der Waals surface area contributed by atoms with Crippen molar-refractivity contribution in [1.29, 1.82) is 0 Å². The number of hydrogen-bond acceptors (Lipinski definition) is 3. The molecule has 1 unspecified atom stereocenters. The molecule has 0 bridgehead atoms. The van der Waals surface area contributed by atoms with Gasteiger partial charge in [0.05, 0.1) is 23.7 Å². The molecule has 0 aromatic heterocycles. The molecule has 2 aromatic carbocycles. The number of aryl methyl sites for hydroxylation is 1. The molecular formula is C17H18O3S. The first-order valence-corrected chi connectivity index (χ1v) is 8.35. The average Bonchev–Trinajstić information content (AvgIpc) is 2.55. The van der Waals surface area contributed by atoms with Crippen LogP contribution in [0.2, 0.25) is 0 Å². The molecule has 0 spiro atoms. The molecule has 0 radical (unpaired) electrons. The smallest absolute Gasteiger partial charge is 0.122 e. The van der Waals surface area contributed by atoms with Crippen molar-refractivity contribution in [3.63, 3.8) is 0 Å². The zero-order chi connectivity index (χ0) is 14.7. The van der Waals surface area contributed by atoms with Gasteiger partial charge in [0.1, 0.15) is 17.6 Å². The van der Waals surface area contributed by atoms with Crippen molar-refractivity contribution in [2.24, 2.45) is 0 Å². The van der Waals surface area contributed by atoms with E-state index in [1.807, 2.05) is 42.5 Å². The first kappa shape index (κ1) is 14.1. The monoisotopic (exact) mass is 302 g/mol. The molecule has 0 fully saturated rings. The van der Waals surface area contributed by atoms with E-state index in [1.54, 1.807) is 7.11 Å². The maximum Gasteiger partial charge on any atom is 0.122 e. The van der Waals surface area contributed by atoms with Crippen molar-refractivity contribution in [1.82, 2.24) is 0 Å². The Bertz CT molecular complexity index is 637. The van der Waals surface area contributed by atoms with Gasteiger partial charge in [0.2, 0.25) is 0 Å². The SMILES string of the molecule is COc1ccc(S(=O)C[C@@H]2CCc3ccccc3O2)cc1. The summed E-state index contributed by atoms with van der Waals surface area (Å²) in [5, 5.41) is 0. The number of para-hydroxylation sites is 1. The quantitative estimate of drug-likeness (QED) is 0.870. The fourth-order valence-electron chi connectivity index (χ4n) is 2.49. The molecule has 1 heterocycles. The fraction of sp³-hybridized carbons (Fsp3) is 0.294. The topological polar surface area (TPSA) is 35.5 Å². The lowest BCUT2D eigenvalue weighted by molar-refractivity contribution is 0.196. The molecule has 2 atom stereocenters. The highest BCUT2D eigenvalue weighted by Gasteiger charge is 2.21. The van der Waals surface area contributed by atoms with Crippen LogP contribution in [0.1, 0.15) is 12.0 Å². The lowest BCUT2D eigenvalue weighted by Gasteiger charge is -2.25. The number of ether oxygens (including phenoxy) is 2. The third kappa shape index (κ3) is 3.27. The Balaban J connectivity index is 1.65. The van der Waals surface area contributed by atoms with Crippen LogP contribution in [0.5, 0.6) is 11.5 Å². The molecule has 0 saturated heterocycles. The molecule has 2 aromatic rings. The summed E-state index contributed by atoms with van der Waals surface area (Å²) in [6, 6.07) is 15.5. The van der Waals surface area contributed by atoms with Crippen molar-refractivity contribution in [2.75, 3.05) is 12.9 Å². The predicted molar refractivity (Wildman–Crippen MR) is 83.4 cm³/mol. The van der Waals surface area contributed by atoms with E-state index < -0.39 is 10.8 Å². The lowest BCUT2D eigenvalue weighted by Crippen LogP contribution is -2.28. The minimum atomic E-state index is -1.05. The fourth-order valence-corrected chi connectivity index (χ4v) is 3.69. The van der Waals surface area contributed by atoms with Crippen LogP contribution in [0, 0.1) is 0 Å². The van der Waals surface area contributed by atoms with Crippen molar-refractivity contribution in [3.05, 3.63) is 54.1 Å². The highest BCUT2D eigenvalue weighted by molar-refractivity contribution is 7.85. The van der Waals surface area contributed by atoms with Gasteiger partial charge in [-0.15, -0.1) is 0 Å². The molecule has 1 aliphatic heterocycles. The van der Waals surface area contributed by atoms with E-state index in [9.17, 15) is 4.21 Å². The van der Waals surface area contributed by atoms with Gasteiger partial charge in [-0.3, -0.25) is 4.21 Å². The van der Waals surface area contributed by atoms with Crippen molar-refractivity contribution in [3.8, 4) is 11.5 Å². The van der Waals surface area contributed by atoms with Crippen molar-refractivity contribution >= 4 is 10.8 Å². The van der Waals surface area contributed by atoms with Gasteiger partial charge in [0.25, 0.3) is 0 Å². The molecule has 3 nitrogen and oxygen atoms in total. The molecule has 0 N–H and O–H groups in total. The van der Waals surface area contributed by atoms with Gasteiger partial charge in [0.15, 0.2) is 0 Å². The van der Waals surface area contributed by atoms with Gasteiger partial charge >= 0.3 is 0 Å². The molecule has 21 heavy (non-hydrogen) atoms. The van der Waals surface area contributed by atoms with Crippen LogP contribution in [-0.4, -0.2) is 23.2 Å². The summed E-state index contributed by atoms with van der Waals surface area (Å²) in [7, 11) is 0.576. The summed E-state index contributed by atoms with van der Waals surface area (Å²) in [5.41, 5.74) is 1.24. The number of methoxy groups -OCH3 is 1. The maximum atomic E-state index is 12.4. The lowest BCUT2D eigenvalue weighted by atomic mass is 10.0. The Morgan fingerprint density at radius 2 is 1.95 bits per heavy atom. The van der Waals surface area contributed by atoms with E-state index in [0.29, 0.717) is 5.75 Å². The second kappa shape index (κ2) is 6.31. The predicted octanol–water partition coefficient (Wildman–Crippen LogP) is 3.20. The van der Waals surface area contributed by atoms with Crippen LogP contribution >= 0.6 is 0 Å². The number of benzene rings is 2. The Morgan fingerprint density at radius 3 is 2.71 bits per heavy atom. The van der Waals surface area contributed by atoms with Crippen LogP contribution in [0.15, 0.2) is 53.4 Å². The molecular weight excluding hydrogens is 284 g/mol. The van der Waals surface area contributed by atoms with Gasteiger partial charge in [-0.25, -0.2) is 0 Å². The highest BCUT2D eigenvalue weighted by atomic mass is 32.2. The van der Waals surface area contributed by atoms with E-state index in [-0.39, 0.29) is 6.10 Å². The Kier molecular flexibility index (Phi) is 4.25. The molecule has 0 aliphatic carbocycles. The molecule has 4 heteroatoms. The molecule has 3 rings (SSSR count). The second-order valence-electron chi connectivity index (χ2n) is 5.07. The Labute approximate surface area is 127 Å². The standard InChI is InChI=1S/C17H18O3S/c1-19-14-8-10-16(11-9-14)21(18)12-15-7-6-13-4-2-3-5-17(13)20-15/h2-5,8-11,15H,6-7,12H2,1H3/t15-,21?/m0/s1. The minimum Gasteiger partial charge on any atom is -0.497 e. The zero-order valence-corrected chi connectivity index (χ0v) is 12.8. The number of hydrogen-bond donors (Lipinski definition) is 0. The molecule has 1 aliphatic rings. The van der Waals surface area contributed by atoms with E-state index in [2.05, 4.69) is 6.07 Å². The summed E-state index contributed by atoms with van der Waals surface area (Å²) >= 11 is 0. The van der Waals surface area contributed by atoms with E-state index in [4.69, 9.17) is 9.47 Å². The van der Waals surface area contributed by atoms with Crippen LogP contribution in [0.3, 0.4) is 0 Å². The maximum absolute atomic E-state index is 12.4. The highest BCUT2D eigenvalue weighted by Crippen LogP contribution is 2.28. The van der Waals surface area contributed by atoms with Gasteiger partial charge in [-0.1, -0.05) is 18.2 Å². The van der Waals surface area contributed by atoms with Crippen molar-refractivity contribution in [2.45, 2.75) is 23.8 Å². The third-order valence-corrected chi connectivity index (χ3v) is 5.13. The summed E-state index contributed by atoms with van der Waals surface area (Å²) in [6.07, 6.45) is 1.92. The first-order chi connectivity index (χ1) is 10.3. The third-order valence-electron chi connectivity index (χ3n) is 3.66. The van der Waals surface area contributed by atoms with Crippen LogP contribution in [0.4, 0.5) is 0 Å². The van der Waals surface area contributed by atoms with Crippen LogP contribution < -0.4 is 9.47 Å². The summed E-state index contributed by atoms with van der Waals surface area (Å²) in [4.78, 5) is 0.818. The van der Waals surface area contributed by atoms with Gasteiger partial charge in [-0.05, 0) is 48.7 Å². The van der Waals surface area contributed by atoms with E-state index in [1.165, 1.54) is 5.56 Å². The molecule has 0 amide bonds. The number of rotatable bonds is 4. The summed E-state index contributed by atoms with van der Waals surface area (Å²) in [6.45, 7) is 0. The van der Waals surface area contributed by atoms with Gasteiger partial charge in [0, 0.05) is 4.90 Å². The zero-order valence-electron chi connectivity index (χ0n) is 12.0. The Morgan fingerprint density at radius 1 is 1.19 bits per heavy atom. The van der Waals surface area contributed by atoms with Crippen LogP contribution in [0.25, 0.3) is 0 Å². The molecule has 110 valence electrons. The average molecular weight is 302 g/mol. The number of fused-ring (bicyclic) bond motifs is 1. The minimum absolute atomic E-state index is 0.0165. The van der Waals surface area contributed by atoms with E-state index >= 15 is 0 Å². The normalized spacial score (nSPS) is 18.4. The van der Waals surface area contributed by atoms with E-state index in [0.717, 1.165) is 29.2 Å². The molecule has 0 saturated carbocycles. The second-order valence-corrected chi connectivity index (χ2v) is 6.57. The van der Waals surface area contributed by atoms with Gasteiger partial charge in [-0.2, -0.15) is 0 Å². The summed E-state index contributed by atoms with van der Waals surface area (Å²) < 4.78 is 23.5. The Hall–Kier alpha value is -1.81. The van der Waals surface area contributed by atoms with Crippen LogP contribution in [-0.2, 0) is 17.2 Å². The van der Waals surface area contributed by atoms with Gasteiger partial charge < -0.3 is 9.47 Å². The van der Waals surface area contributed by atoms with Crippen molar-refractivity contribution < 1.29 is 13.7 Å². The summed E-state index contributed by atoms with van der Waals surface area (Å²) in [5.74, 6) is 2.24. The first-order valence-electron chi connectivity index (χ1n) is 7.03. The largest absolute Gasteiger partial charge is 0.497 e.